The molecule has 7 heteroatoms. The summed E-state index contributed by atoms with van der Waals surface area (Å²) in [6, 6.07) is 4.59. The van der Waals surface area contributed by atoms with Crippen molar-refractivity contribution in [3.05, 3.63) is 47.3 Å². The molecule has 0 saturated heterocycles. The van der Waals surface area contributed by atoms with Gasteiger partial charge in [0.25, 0.3) is 0 Å². The zero-order valence-corrected chi connectivity index (χ0v) is 11.3. The van der Waals surface area contributed by atoms with E-state index in [2.05, 4.69) is 5.10 Å². The standard InChI is InChI=1S/C14H13F3N2O2/c1-8(2)12-11(13(20)21)7-19(18-12)10-5-3-4-9(6-10)14(15,16)17/h3-8H,1-2H3,(H,20,21). The SMILES string of the molecule is CC(C)c1nn(-c2cccc(C(F)(F)F)c2)cc1C(=O)O. The first-order valence-corrected chi connectivity index (χ1v) is 6.20. The fourth-order valence-electron chi connectivity index (χ4n) is 1.94. The zero-order valence-electron chi connectivity index (χ0n) is 11.3. The van der Waals surface area contributed by atoms with E-state index in [1.54, 1.807) is 13.8 Å². The van der Waals surface area contributed by atoms with Crippen LogP contribution < -0.4 is 0 Å². The largest absolute Gasteiger partial charge is 0.478 e. The van der Waals surface area contributed by atoms with Gasteiger partial charge in [0.2, 0.25) is 0 Å². The third kappa shape index (κ3) is 3.07. The van der Waals surface area contributed by atoms with E-state index >= 15 is 0 Å². The van der Waals surface area contributed by atoms with E-state index in [0.29, 0.717) is 5.69 Å². The number of alkyl halides is 3. The van der Waals surface area contributed by atoms with Gasteiger partial charge in [-0.3, -0.25) is 0 Å². The topological polar surface area (TPSA) is 55.1 Å². The van der Waals surface area contributed by atoms with Gasteiger partial charge in [-0.15, -0.1) is 0 Å². The van der Waals surface area contributed by atoms with Crippen LogP contribution in [-0.4, -0.2) is 20.9 Å². The number of hydrogen-bond acceptors (Lipinski definition) is 2. The molecular formula is C14H13F3N2O2. The van der Waals surface area contributed by atoms with E-state index in [4.69, 9.17) is 5.11 Å². The summed E-state index contributed by atoms with van der Waals surface area (Å²) in [6.07, 6.45) is -3.23. The maximum Gasteiger partial charge on any atom is 0.416 e. The van der Waals surface area contributed by atoms with Crippen molar-refractivity contribution in [3.63, 3.8) is 0 Å². The molecule has 0 amide bonds. The van der Waals surface area contributed by atoms with E-state index in [-0.39, 0.29) is 17.2 Å². The summed E-state index contributed by atoms with van der Waals surface area (Å²) in [6.45, 7) is 3.54. The summed E-state index contributed by atoms with van der Waals surface area (Å²) in [5.74, 6) is -1.31. The van der Waals surface area contributed by atoms with Crippen molar-refractivity contribution >= 4 is 5.97 Å². The number of aromatic carboxylic acids is 1. The third-order valence-electron chi connectivity index (χ3n) is 2.96. The van der Waals surface area contributed by atoms with Gasteiger partial charge in [0.05, 0.1) is 16.9 Å². The normalized spacial score (nSPS) is 11.9. The van der Waals surface area contributed by atoms with Crippen LogP contribution >= 0.6 is 0 Å². The molecule has 0 unspecified atom stereocenters. The molecule has 0 spiro atoms. The van der Waals surface area contributed by atoms with Crippen molar-refractivity contribution in [2.45, 2.75) is 25.9 Å². The molecule has 2 aromatic rings. The quantitative estimate of drug-likeness (QED) is 0.939. The molecule has 0 bridgehead atoms. The lowest BCUT2D eigenvalue weighted by atomic mass is 10.1. The number of nitrogens with zero attached hydrogens (tertiary/aromatic N) is 2. The minimum atomic E-state index is -4.46. The molecule has 1 aromatic heterocycles. The minimum absolute atomic E-state index is 0.0117. The van der Waals surface area contributed by atoms with Gasteiger partial charge in [-0.2, -0.15) is 18.3 Å². The Labute approximate surface area is 118 Å². The number of carboxylic acids is 1. The predicted molar refractivity (Wildman–Crippen MR) is 69.6 cm³/mol. The molecule has 0 atom stereocenters. The second-order valence-electron chi connectivity index (χ2n) is 4.88. The fraction of sp³-hybridized carbons (Fsp3) is 0.286. The van der Waals surface area contributed by atoms with Gasteiger partial charge >= 0.3 is 12.1 Å². The molecule has 0 aliphatic carbocycles. The Balaban J connectivity index is 2.53. The molecule has 1 N–H and O–H groups in total. The van der Waals surface area contributed by atoms with E-state index in [1.165, 1.54) is 18.3 Å². The molecule has 0 radical (unpaired) electrons. The van der Waals surface area contributed by atoms with E-state index in [9.17, 15) is 18.0 Å². The van der Waals surface area contributed by atoms with Crippen LogP contribution in [0.3, 0.4) is 0 Å². The van der Waals surface area contributed by atoms with Gasteiger partial charge in [0, 0.05) is 6.20 Å². The van der Waals surface area contributed by atoms with Crippen LogP contribution in [0.2, 0.25) is 0 Å². The summed E-state index contributed by atoms with van der Waals surface area (Å²) in [5.41, 5.74) is -0.319. The predicted octanol–water partition coefficient (Wildman–Crippen LogP) is 3.71. The molecule has 1 heterocycles. The molecule has 1 aromatic carbocycles. The second kappa shape index (κ2) is 5.23. The fourth-order valence-corrected chi connectivity index (χ4v) is 1.94. The third-order valence-corrected chi connectivity index (χ3v) is 2.96. The molecule has 4 nitrogen and oxygen atoms in total. The highest BCUT2D eigenvalue weighted by Crippen LogP contribution is 2.30. The molecule has 0 fully saturated rings. The zero-order chi connectivity index (χ0) is 15.8. The number of benzene rings is 1. The van der Waals surface area contributed by atoms with Gasteiger partial charge < -0.3 is 5.11 Å². The van der Waals surface area contributed by atoms with Crippen LogP contribution in [0, 0.1) is 0 Å². The van der Waals surface area contributed by atoms with Gasteiger partial charge in [0.15, 0.2) is 0 Å². The first-order valence-electron chi connectivity index (χ1n) is 6.20. The maximum atomic E-state index is 12.7. The monoisotopic (exact) mass is 298 g/mol. The van der Waals surface area contributed by atoms with Crippen molar-refractivity contribution in [2.24, 2.45) is 0 Å². The van der Waals surface area contributed by atoms with Crippen LogP contribution in [0.15, 0.2) is 30.5 Å². The molecule has 0 aliphatic heterocycles. The Hall–Kier alpha value is -2.31. The number of carboxylic acid groups (broad SMARTS) is 1. The molecule has 0 aliphatic rings. The lowest BCUT2D eigenvalue weighted by Gasteiger charge is -2.08. The smallest absolute Gasteiger partial charge is 0.416 e. The lowest BCUT2D eigenvalue weighted by molar-refractivity contribution is -0.137. The average Bonchev–Trinajstić information content (AvgIpc) is 2.83. The van der Waals surface area contributed by atoms with Crippen LogP contribution in [0.4, 0.5) is 13.2 Å². The second-order valence-corrected chi connectivity index (χ2v) is 4.88. The van der Waals surface area contributed by atoms with E-state index in [0.717, 1.165) is 16.8 Å². The van der Waals surface area contributed by atoms with Crippen LogP contribution in [-0.2, 0) is 6.18 Å². The van der Waals surface area contributed by atoms with Crippen molar-refractivity contribution in [1.29, 1.82) is 0 Å². The van der Waals surface area contributed by atoms with Gasteiger partial charge in [-0.25, -0.2) is 9.48 Å². The maximum absolute atomic E-state index is 12.7. The van der Waals surface area contributed by atoms with Crippen LogP contribution in [0.1, 0.15) is 41.4 Å². The van der Waals surface area contributed by atoms with Crippen molar-refractivity contribution in [1.82, 2.24) is 9.78 Å². The molecule has 0 saturated carbocycles. The summed E-state index contributed by atoms with van der Waals surface area (Å²) in [7, 11) is 0. The van der Waals surface area contributed by atoms with Crippen LogP contribution in [0.25, 0.3) is 5.69 Å². The Kier molecular flexibility index (Phi) is 3.76. The molecular weight excluding hydrogens is 285 g/mol. The lowest BCUT2D eigenvalue weighted by Crippen LogP contribution is -2.06. The summed E-state index contributed by atoms with van der Waals surface area (Å²) >= 11 is 0. The molecule has 112 valence electrons. The van der Waals surface area contributed by atoms with Crippen LogP contribution in [0.5, 0.6) is 0 Å². The summed E-state index contributed by atoms with van der Waals surface area (Å²) in [5, 5.41) is 13.2. The van der Waals surface area contributed by atoms with Gasteiger partial charge in [-0.1, -0.05) is 19.9 Å². The van der Waals surface area contributed by atoms with Gasteiger partial charge in [0.1, 0.15) is 5.56 Å². The van der Waals surface area contributed by atoms with Gasteiger partial charge in [-0.05, 0) is 24.1 Å². The number of halogens is 3. The van der Waals surface area contributed by atoms with Crippen molar-refractivity contribution < 1.29 is 23.1 Å². The summed E-state index contributed by atoms with van der Waals surface area (Å²) in [4.78, 5) is 11.2. The first kappa shape index (κ1) is 15.1. The highest BCUT2D eigenvalue weighted by atomic mass is 19.4. The Morgan fingerprint density at radius 1 is 1.33 bits per heavy atom. The molecule has 21 heavy (non-hydrogen) atoms. The Morgan fingerprint density at radius 2 is 2.00 bits per heavy atom. The summed E-state index contributed by atoms with van der Waals surface area (Å²) < 4.78 is 39.3. The Morgan fingerprint density at radius 3 is 2.48 bits per heavy atom. The number of hydrogen-bond donors (Lipinski definition) is 1. The number of rotatable bonds is 3. The van der Waals surface area contributed by atoms with Crippen molar-refractivity contribution in [2.75, 3.05) is 0 Å². The molecule has 2 rings (SSSR count). The van der Waals surface area contributed by atoms with E-state index < -0.39 is 17.7 Å². The highest BCUT2D eigenvalue weighted by molar-refractivity contribution is 5.89. The minimum Gasteiger partial charge on any atom is -0.478 e. The average molecular weight is 298 g/mol. The number of carbonyl (C=O) groups is 1. The highest BCUT2D eigenvalue weighted by Gasteiger charge is 2.30. The van der Waals surface area contributed by atoms with E-state index in [1.807, 2.05) is 0 Å². The number of aromatic nitrogens is 2. The van der Waals surface area contributed by atoms with Crippen molar-refractivity contribution in [3.8, 4) is 5.69 Å². The Bertz CT molecular complexity index is 675. The first-order chi connectivity index (χ1) is 9.70.